The maximum Gasteiger partial charge on any atom is 0.325 e. The van der Waals surface area contributed by atoms with E-state index in [9.17, 15) is 8.42 Å². The third-order valence-corrected chi connectivity index (χ3v) is 0.641. The summed E-state index contributed by atoms with van der Waals surface area (Å²) in [5, 5.41) is 3.03. The van der Waals surface area contributed by atoms with Crippen molar-refractivity contribution in [1.29, 1.82) is 0 Å². The topological polar surface area (TPSA) is 55.7 Å². The summed E-state index contributed by atoms with van der Waals surface area (Å²) in [5.41, 5.74) is 0. The third-order valence-electron chi connectivity index (χ3n) is 0.284. The molecule has 4 nitrogen and oxygen atoms in total. The largest absolute Gasteiger partial charge is 0.325 e. The Kier molecular flexibility index (Phi) is 2.47. The molecule has 0 saturated carbocycles. The molecule has 0 rings (SSSR count). The first kappa shape index (κ1) is 7.42. The molecule has 0 aromatic heterocycles. The van der Waals surface area contributed by atoms with E-state index in [1.807, 2.05) is 0 Å². The summed E-state index contributed by atoms with van der Waals surface area (Å²) in [7, 11) is -3.38. The van der Waals surface area contributed by atoms with Crippen LogP contribution in [0.4, 0.5) is 0 Å². The SMILES string of the molecule is C/C=N/OS(C)(=O)=O. The fourth-order valence-electron chi connectivity index (χ4n) is 0.121. The number of nitrogens with zero attached hydrogens (tertiary/aromatic N) is 1. The molecule has 0 unspecified atom stereocenters. The fraction of sp³-hybridized carbons (Fsp3) is 0.667. The van der Waals surface area contributed by atoms with Gasteiger partial charge in [0.05, 0.1) is 6.26 Å². The van der Waals surface area contributed by atoms with Gasteiger partial charge in [0.1, 0.15) is 0 Å². The molecule has 0 heterocycles. The van der Waals surface area contributed by atoms with Gasteiger partial charge in [0.2, 0.25) is 0 Å². The summed E-state index contributed by atoms with van der Waals surface area (Å²) >= 11 is 0. The zero-order valence-corrected chi connectivity index (χ0v) is 5.47. The highest BCUT2D eigenvalue weighted by atomic mass is 32.2. The number of hydrogen-bond donors (Lipinski definition) is 0. The Morgan fingerprint density at radius 2 is 2.12 bits per heavy atom. The van der Waals surface area contributed by atoms with E-state index in [0.717, 1.165) is 6.26 Å². The van der Waals surface area contributed by atoms with Crippen molar-refractivity contribution in [3.63, 3.8) is 0 Å². The van der Waals surface area contributed by atoms with Crippen LogP contribution >= 0.6 is 0 Å². The summed E-state index contributed by atoms with van der Waals surface area (Å²) in [6, 6.07) is 0. The monoisotopic (exact) mass is 137 g/mol. The highest BCUT2D eigenvalue weighted by molar-refractivity contribution is 7.85. The first-order valence-corrected chi connectivity index (χ1v) is 3.74. The molecule has 0 aliphatic rings. The molecule has 5 heteroatoms. The highest BCUT2D eigenvalue weighted by Crippen LogP contribution is 1.83. The van der Waals surface area contributed by atoms with Gasteiger partial charge in [-0.15, -0.1) is 0 Å². The third kappa shape index (κ3) is 5.42. The van der Waals surface area contributed by atoms with Crippen LogP contribution in [0.2, 0.25) is 0 Å². The van der Waals surface area contributed by atoms with Crippen LogP contribution in [0.3, 0.4) is 0 Å². The van der Waals surface area contributed by atoms with Crippen molar-refractivity contribution in [3.8, 4) is 0 Å². The average Bonchev–Trinajstić information content (AvgIpc) is 1.59. The minimum Gasteiger partial charge on any atom is -0.269 e. The second-order valence-electron chi connectivity index (χ2n) is 1.14. The van der Waals surface area contributed by atoms with E-state index in [0.29, 0.717) is 0 Å². The molecule has 0 saturated heterocycles. The molecular formula is C3H7NO3S. The Labute approximate surface area is 48.3 Å². The van der Waals surface area contributed by atoms with Crippen molar-refractivity contribution >= 4 is 16.3 Å². The van der Waals surface area contributed by atoms with Gasteiger partial charge in [-0.2, -0.15) is 8.42 Å². The zero-order valence-electron chi connectivity index (χ0n) is 4.66. The van der Waals surface area contributed by atoms with Gasteiger partial charge >= 0.3 is 10.1 Å². The molecule has 0 bridgehead atoms. The van der Waals surface area contributed by atoms with Crippen molar-refractivity contribution in [2.75, 3.05) is 6.26 Å². The molecule has 0 aromatic carbocycles. The number of hydrogen-bond acceptors (Lipinski definition) is 4. The van der Waals surface area contributed by atoms with E-state index in [4.69, 9.17) is 0 Å². The van der Waals surface area contributed by atoms with Crippen molar-refractivity contribution in [3.05, 3.63) is 0 Å². The van der Waals surface area contributed by atoms with Gasteiger partial charge in [-0.1, -0.05) is 5.16 Å². The Hall–Kier alpha value is -0.580. The maximum atomic E-state index is 10.1. The summed E-state index contributed by atoms with van der Waals surface area (Å²) < 4.78 is 24.0. The first-order valence-electron chi connectivity index (χ1n) is 1.93. The van der Waals surface area contributed by atoms with E-state index in [1.54, 1.807) is 6.92 Å². The smallest absolute Gasteiger partial charge is 0.269 e. The number of oxime groups is 1. The lowest BCUT2D eigenvalue weighted by Crippen LogP contribution is -1.95. The molecule has 8 heavy (non-hydrogen) atoms. The normalized spacial score (nSPS) is 12.2. The van der Waals surface area contributed by atoms with Crippen molar-refractivity contribution in [2.24, 2.45) is 5.16 Å². The highest BCUT2D eigenvalue weighted by Gasteiger charge is 1.95. The lowest BCUT2D eigenvalue weighted by molar-refractivity contribution is 0.345. The molecule has 0 N–H and O–H groups in total. The Morgan fingerprint density at radius 1 is 1.62 bits per heavy atom. The predicted octanol–water partition coefficient (Wildman–Crippen LogP) is -0.0317. The summed E-state index contributed by atoms with van der Waals surface area (Å²) in [6.07, 6.45) is 2.18. The Bertz CT molecular complexity index is 169. The molecule has 0 radical (unpaired) electrons. The summed E-state index contributed by atoms with van der Waals surface area (Å²) in [5.74, 6) is 0. The molecule has 0 aromatic rings. The van der Waals surface area contributed by atoms with Crippen molar-refractivity contribution in [2.45, 2.75) is 6.92 Å². The quantitative estimate of drug-likeness (QED) is 0.396. The van der Waals surface area contributed by atoms with Crippen LogP contribution in [0.15, 0.2) is 5.16 Å². The van der Waals surface area contributed by atoms with Gasteiger partial charge in [0.15, 0.2) is 0 Å². The number of rotatable bonds is 2. The molecule has 0 fully saturated rings. The first-order chi connectivity index (χ1) is 3.56. The molecule has 0 aliphatic carbocycles. The lowest BCUT2D eigenvalue weighted by atomic mass is 10.9. The molecule has 0 amide bonds. The minimum absolute atomic E-state index is 0.931. The van der Waals surface area contributed by atoms with E-state index in [2.05, 4.69) is 9.44 Å². The molecular weight excluding hydrogens is 130 g/mol. The van der Waals surface area contributed by atoms with Crippen LogP contribution in [-0.2, 0) is 14.4 Å². The van der Waals surface area contributed by atoms with Crippen LogP contribution in [0.5, 0.6) is 0 Å². The zero-order chi connectivity index (χ0) is 6.62. The molecule has 0 spiro atoms. The molecule has 0 atom stereocenters. The van der Waals surface area contributed by atoms with Gasteiger partial charge in [-0.25, -0.2) is 0 Å². The van der Waals surface area contributed by atoms with E-state index in [1.165, 1.54) is 6.21 Å². The van der Waals surface area contributed by atoms with E-state index < -0.39 is 10.1 Å². The van der Waals surface area contributed by atoms with Crippen LogP contribution in [0, 0.1) is 0 Å². The van der Waals surface area contributed by atoms with Gasteiger partial charge in [0, 0.05) is 6.21 Å². The van der Waals surface area contributed by atoms with E-state index in [-0.39, 0.29) is 0 Å². The van der Waals surface area contributed by atoms with Crippen LogP contribution in [0.25, 0.3) is 0 Å². The van der Waals surface area contributed by atoms with Crippen LogP contribution in [0.1, 0.15) is 6.92 Å². The summed E-state index contributed by atoms with van der Waals surface area (Å²) in [4.78, 5) is 0. The second kappa shape index (κ2) is 2.66. The average molecular weight is 137 g/mol. The summed E-state index contributed by atoms with van der Waals surface area (Å²) in [6.45, 7) is 1.56. The molecule has 48 valence electrons. The van der Waals surface area contributed by atoms with Gasteiger partial charge in [0.25, 0.3) is 0 Å². The Balaban J connectivity index is 3.76. The van der Waals surface area contributed by atoms with Gasteiger partial charge in [-0.3, -0.25) is 4.28 Å². The van der Waals surface area contributed by atoms with Crippen LogP contribution < -0.4 is 0 Å². The van der Waals surface area contributed by atoms with Crippen molar-refractivity contribution in [1.82, 2.24) is 0 Å². The lowest BCUT2D eigenvalue weighted by Gasteiger charge is -1.88. The predicted molar refractivity (Wildman–Crippen MR) is 30.1 cm³/mol. The fourth-order valence-corrected chi connectivity index (χ4v) is 0.364. The second-order valence-corrected chi connectivity index (χ2v) is 2.70. The maximum absolute atomic E-state index is 10.1. The van der Waals surface area contributed by atoms with E-state index >= 15 is 0 Å². The van der Waals surface area contributed by atoms with Crippen LogP contribution in [-0.4, -0.2) is 20.9 Å². The van der Waals surface area contributed by atoms with Crippen molar-refractivity contribution < 1.29 is 12.7 Å². The minimum atomic E-state index is -3.38. The van der Waals surface area contributed by atoms with Gasteiger partial charge < -0.3 is 0 Å². The Morgan fingerprint density at radius 3 is 2.25 bits per heavy atom. The molecule has 0 aliphatic heterocycles. The standard InChI is InChI=1S/C3H7NO3S/c1-3-4-7-8(2,5)6/h3H,1-2H3/b4-3+. The van der Waals surface area contributed by atoms with Gasteiger partial charge in [-0.05, 0) is 6.92 Å².